The zero-order chi connectivity index (χ0) is 13.9. The highest BCUT2D eigenvalue weighted by molar-refractivity contribution is 5.79. The van der Waals surface area contributed by atoms with Crippen molar-refractivity contribution in [1.29, 1.82) is 0 Å². The van der Waals surface area contributed by atoms with Gasteiger partial charge in [-0.15, -0.1) is 0 Å². The van der Waals surface area contributed by atoms with Crippen LogP contribution in [0, 0.1) is 23.7 Å². The molecule has 0 radical (unpaired) electrons. The van der Waals surface area contributed by atoms with Crippen molar-refractivity contribution in [1.82, 2.24) is 4.90 Å². The largest absolute Gasteiger partial charge is 0.339 e. The maximum absolute atomic E-state index is 12.6. The SMILES string of the molecule is CC(C)CC(CN)C(=O)N1CC(C)CC(C)C1C. The standard InChI is InChI=1S/C15H30N2O/c1-10(2)6-14(8-16)15(18)17-9-11(3)7-12(4)13(17)5/h10-14H,6-9,16H2,1-5H3. The molecular weight excluding hydrogens is 224 g/mol. The van der Waals surface area contributed by atoms with Crippen LogP contribution in [0.3, 0.4) is 0 Å². The summed E-state index contributed by atoms with van der Waals surface area (Å²) in [5, 5.41) is 0. The van der Waals surface area contributed by atoms with E-state index in [-0.39, 0.29) is 11.8 Å². The molecule has 1 amide bonds. The van der Waals surface area contributed by atoms with Crippen LogP contribution in [-0.4, -0.2) is 29.9 Å². The third-order valence-corrected chi connectivity index (χ3v) is 4.27. The van der Waals surface area contributed by atoms with Gasteiger partial charge in [-0.25, -0.2) is 0 Å². The number of hydrogen-bond acceptors (Lipinski definition) is 2. The number of hydrogen-bond donors (Lipinski definition) is 1. The molecule has 4 unspecified atom stereocenters. The molecule has 0 aromatic rings. The van der Waals surface area contributed by atoms with E-state index >= 15 is 0 Å². The van der Waals surface area contributed by atoms with Crippen molar-refractivity contribution in [3.8, 4) is 0 Å². The van der Waals surface area contributed by atoms with E-state index in [2.05, 4.69) is 39.5 Å². The van der Waals surface area contributed by atoms with E-state index < -0.39 is 0 Å². The first-order chi connectivity index (χ1) is 8.36. The molecule has 106 valence electrons. The Kier molecular flexibility index (Phi) is 5.64. The lowest BCUT2D eigenvalue weighted by Crippen LogP contribution is -2.52. The third kappa shape index (κ3) is 3.71. The van der Waals surface area contributed by atoms with Gasteiger partial charge in [0.05, 0.1) is 5.92 Å². The topological polar surface area (TPSA) is 46.3 Å². The van der Waals surface area contributed by atoms with Gasteiger partial charge in [-0.3, -0.25) is 4.79 Å². The zero-order valence-corrected chi connectivity index (χ0v) is 12.6. The van der Waals surface area contributed by atoms with Crippen LogP contribution < -0.4 is 5.73 Å². The predicted octanol–water partition coefficient (Wildman–Crippen LogP) is 2.50. The molecule has 0 aromatic heterocycles. The number of nitrogens with zero attached hydrogens (tertiary/aromatic N) is 1. The molecule has 1 saturated heterocycles. The molecule has 0 aromatic carbocycles. The minimum atomic E-state index is 0.00458. The minimum absolute atomic E-state index is 0.00458. The second-order valence-electron chi connectivity index (χ2n) is 6.61. The fourth-order valence-electron chi connectivity index (χ4n) is 3.11. The maximum atomic E-state index is 12.6. The van der Waals surface area contributed by atoms with Crippen LogP contribution in [-0.2, 0) is 4.79 Å². The Bertz CT molecular complexity index is 278. The zero-order valence-electron chi connectivity index (χ0n) is 12.6. The van der Waals surface area contributed by atoms with Crippen LogP contribution in [0.15, 0.2) is 0 Å². The van der Waals surface area contributed by atoms with E-state index in [4.69, 9.17) is 5.73 Å². The van der Waals surface area contributed by atoms with Gasteiger partial charge in [0.25, 0.3) is 0 Å². The number of nitrogens with two attached hydrogens (primary N) is 1. The molecule has 3 heteroatoms. The Labute approximate surface area is 112 Å². The Morgan fingerprint density at radius 1 is 1.33 bits per heavy atom. The first kappa shape index (κ1) is 15.5. The summed E-state index contributed by atoms with van der Waals surface area (Å²) >= 11 is 0. The molecule has 1 fully saturated rings. The quantitative estimate of drug-likeness (QED) is 0.838. The van der Waals surface area contributed by atoms with Crippen molar-refractivity contribution in [3.05, 3.63) is 0 Å². The first-order valence-electron chi connectivity index (χ1n) is 7.37. The van der Waals surface area contributed by atoms with E-state index in [0.29, 0.717) is 30.3 Å². The van der Waals surface area contributed by atoms with Crippen molar-refractivity contribution in [2.75, 3.05) is 13.1 Å². The molecule has 0 saturated carbocycles. The highest BCUT2D eigenvalue weighted by atomic mass is 16.2. The Hall–Kier alpha value is -0.570. The van der Waals surface area contributed by atoms with Crippen LogP contribution in [0.2, 0.25) is 0 Å². The van der Waals surface area contributed by atoms with Crippen LogP contribution in [0.5, 0.6) is 0 Å². The normalized spacial score (nSPS) is 30.6. The molecule has 4 atom stereocenters. The predicted molar refractivity (Wildman–Crippen MR) is 76.1 cm³/mol. The summed E-state index contributed by atoms with van der Waals surface area (Å²) in [4.78, 5) is 14.7. The van der Waals surface area contributed by atoms with Gasteiger partial charge >= 0.3 is 0 Å². The molecular formula is C15H30N2O. The van der Waals surface area contributed by atoms with E-state index in [9.17, 15) is 4.79 Å². The average molecular weight is 254 g/mol. The number of likely N-dealkylation sites (tertiary alicyclic amines) is 1. The number of amides is 1. The monoisotopic (exact) mass is 254 g/mol. The highest BCUT2D eigenvalue weighted by Crippen LogP contribution is 2.28. The van der Waals surface area contributed by atoms with E-state index in [0.717, 1.165) is 13.0 Å². The van der Waals surface area contributed by atoms with Gasteiger partial charge in [-0.05, 0) is 37.5 Å². The lowest BCUT2D eigenvalue weighted by Gasteiger charge is -2.42. The van der Waals surface area contributed by atoms with Crippen molar-refractivity contribution in [2.45, 2.75) is 53.5 Å². The number of rotatable bonds is 4. The summed E-state index contributed by atoms with van der Waals surface area (Å²) in [6.45, 7) is 12.4. The Morgan fingerprint density at radius 3 is 2.44 bits per heavy atom. The van der Waals surface area contributed by atoms with Gasteiger partial charge in [-0.2, -0.15) is 0 Å². The fraction of sp³-hybridized carbons (Fsp3) is 0.933. The number of carbonyl (C=O) groups excluding carboxylic acids is 1. The maximum Gasteiger partial charge on any atom is 0.227 e. The molecule has 18 heavy (non-hydrogen) atoms. The second kappa shape index (κ2) is 6.55. The molecule has 1 aliphatic rings. The second-order valence-corrected chi connectivity index (χ2v) is 6.61. The molecule has 1 rings (SSSR count). The average Bonchev–Trinajstić information content (AvgIpc) is 2.29. The summed E-state index contributed by atoms with van der Waals surface area (Å²) < 4.78 is 0. The van der Waals surface area contributed by atoms with Gasteiger partial charge in [0.15, 0.2) is 0 Å². The van der Waals surface area contributed by atoms with Crippen LogP contribution in [0.25, 0.3) is 0 Å². The van der Waals surface area contributed by atoms with Crippen LogP contribution in [0.4, 0.5) is 0 Å². The molecule has 2 N–H and O–H groups in total. The molecule has 1 aliphatic heterocycles. The molecule has 0 bridgehead atoms. The van der Waals surface area contributed by atoms with Crippen LogP contribution >= 0.6 is 0 Å². The van der Waals surface area contributed by atoms with Gasteiger partial charge in [0, 0.05) is 19.1 Å². The van der Waals surface area contributed by atoms with Crippen LogP contribution in [0.1, 0.15) is 47.5 Å². The van der Waals surface area contributed by atoms with E-state index in [1.54, 1.807) is 0 Å². The van der Waals surface area contributed by atoms with Gasteiger partial charge < -0.3 is 10.6 Å². The lowest BCUT2D eigenvalue weighted by atomic mass is 9.84. The van der Waals surface area contributed by atoms with Crippen molar-refractivity contribution in [2.24, 2.45) is 29.4 Å². The molecule has 0 spiro atoms. The third-order valence-electron chi connectivity index (χ3n) is 4.27. The minimum Gasteiger partial charge on any atom is -0.339 e. The summed E-state index contributed by atoms with van der Waals surface area (Å²) in [6, 6.07) is 0.356. The summed E-state index contributed by atoms with van der Waals surface area (Å²) in [5.74, 6) is 2.01. The summed E-state index contributed by atoms with van der Waals surface area (Å²) in [7, 11) is 0. The smallest absolute Gasteiger partial charge is 0.227 e. The fourth-order valence-corrected chi connectivity index (χ4v) is 3.11. The van der Waals surface area contributed by atoms with Gasteiger partial charge in [0.1, 0.15) is 0 Å². The number of carbonyl (C=O) groups is 1. The Balaban J connectivity index is 2.73. The van der Waals surface area contributed by atoms with Crippen molar-refractivity contribution < 1.29 is 4.79 Å². The van der Waals surface area contributed by atoms with Crippen molar-refractivity contribution in [3.63, 3.8) is 0 Å². The number of piperidine rings is 1. The van der Waals surface area contributed by atoms with Crippen molar-refractivity contribution >= 4 is 5.91 Å². The lowest BCUT2D eigenvalue weighted by molar-refractivity contribution is -0.141. The molecule has 0 aliphatic carbocycles. The summed E-state index contributed by atoms with van der Waals surface area (Å²) in [6.07, 6.45) is 2.13. The Morgan fingerprint density at radius 2 is 1.94 bits per heavy atom. The molecule has 3 nitrogen and oxygen atoms in total. The van der Waals surface area contributed by atoms with Gasteiger partial charge in [-0.1, -0.05) is 27.7 Å². The summed E-state index contributed by atoms with van der Waals surface area (Å²) in [5.41, 5.74) is 5.80. The van der Waals surface area contributed by atoms with E-state index in [1.807, 2.05) is 0 Å². The molecule has 1 heterocycles. The highest BCUT2D eigenvalue weighted by Gasteiger charge is 2.34. The van der Waals surface area contributed by atoms with Gasteiger partial charge in [0.2, 0.25) is 5.91 Å². The van der Waals surface area contributed by atoms with E-state index in [1.165, 1.54) is 6.42 Å². The first-order valence-corrected chi connectivity index (χ1v) is 7.37.